The normalized spacial score (nSPS) is 11.6. The highest BCUT2D eigenvalue weighted by Crippen LogP contribution is 2.16. The van der Waals surface area contributed by atoms with Gasteiger partial charge in [-0.1, -0.05) is 35.7 Å². The maximum Gasteiger partial charge on any atom is 0.178 e. The van der Waals surface area contributed by atoms with E-state index in [0.29, 0.717) is 4.90 Å². The summed E-state index contributed by atoms with van der Waals surface area (Å²) in [4.78, 5) is 0.418. The van der Waals surface area contributed by atoms with Crippen molar-refractivity contribution in [1.82, 2.24) is 0 Å². The van der Waals surface area contributed by atoms with Crippen LogP contribution in [0.2, 0.25) is 0 Å². The molecule has 0 amide bonds. The smallest absolute Gasteiger partial charge is 0.178 e. The molecule has 0 N–H and O–H groups in total. The van der Waals surface area contributed by atoms with E-state index in [9.17, 15) is 8.42 Å². The average Bonchev–Trinajstić information content (AvgIpc) is 2.18. The van der Waals surface area contributed by atoms with Crippen LogP contribution in [0.1, 0.15) is 26.2 Å². The number of benzene rings is 1. The van der Waals surface area contributed by atoms with Gasteiger partial charge >= 0.3 is 0 Å². The fraction of sp³-hybridized carbons (Fsp3) is 0.455. The Morgan fingerprint density at radius 1 is 1.13 bits per heavy atom. The van der Waals surface area contributed by atoms with Crippen molar-refractivity contribution in [2.45, 2.75) is 31.1 Å². The predicted octanol–water partition coefficient (Wildman–Crippen LogP) is 3.41. The minimum Gasteiger partial charge on any atom is -0.224 e. The van der Waals surface area contributed by atoms with E-state index in [1.165, 1.54) is 0 Å². The van der Waals surface area contributed by atoms with E-state index in [-0.39, 0.29) is 5.75 Å². The fourth-order valence-corrected chi connectivity index (χ4v) is 2.94. The molecule has 0 saturated heterocycles. The standard InChI is InChI=1S/C11H15BrO2S/c1-2-3-4-9-15(13,14)11-7-5-10(12)6-8-11/h5-8H,2-4,9H2,1H3. The van der Waals surface area contributed by atoms with Gasteiger partial charge in [0.1, 0.15) is 0 Å². The minimum atomic E-state index is -3.07. The fourth-order valence-electron chi connectivity index (χ4n) is 1.30. The van der Waals surface area contributed by atoms with Gasteiger partial charge in [-0.05, 0) is 30.7 Å². The number of hydrogen-bond donors (Lipinski definition) is 0. The summed E-state index contributed by atoms with van der Waals surface area (Å²) in [6.45, 7) is 2.06. The highest BCUT2D eigenvalue weighted by Gasteiger charge is 2.12. The average molecular weight is 291 g/mol. The van der Waals surface area contributed by atoms with Crippen LogP contribution in [0.25, 0.3) is 0 Å². The van der Waals surface area contributed by atoms with Gasteiger partial charge in [0.05, 0.1) is 10.6 Å². The summed E-state index contributed by atoms with van der Waals surface area (Å²) in [7, 11) is -3.07. The maximum absolute atomic E-state index is 11.8. The molecule has 0 spiro atoms. The van der Waals surface area contributed by atoms with E-state index in [4.69, 9.17) is 0 Å². The van der Waals surface area contributed by atoms with Gasteiger partial charge in [0.2, 0.25) is 0 Å². The van der Waals surface area contributed by atoms with Crippen LogP contribution in [-0.2, 0) is 9.84 Å². The molecule has 84 valence electrons. The van der Waals surface area contributed by atoms with Gasteiger partial charge in [0.25, 0.3) is 0 Å². The molecule has 0 bridgehead atoms. The number of rotatable bonds is 5. The van der Waals surface area contributed by atoms with Gasteiger partial charge in [0.15, 0.2) is 9.84 Å². The zero-order valence-electron chi connectivity index (χ0n) is 8.74. The Balaban J connectivity index is 2.73. The van der Waals surface area contributed by atoms with Crippen LogP contribution in [0.15, 0.2) is 33.6 Å². The van der Waals surface area contributed by atoms with Crippen LogP contribution in [0.5, 0.6) is 0 Å². The zero-order chi connectivity index (χ0) is 11.3. The first-order valence-corrected chi connectivity index (χ1v) is 7.49. The SMILES string of the molecule is CCCCCS(=O)(=O)c1ccc(Br)cc1. The molecule has 0 heterocycles. The van der Waals surface area contributed by atoms with Crippen molar-refractivity contribution >= 4 is 25.8 Å². The van der Waals surface area contributed by atoms with Gasteiger partial charge in [0, 0.05) is 4.47 Å². The summed E-state index contributed by atoms with van der Waals surface area (Å²) < 4.78 is 24.5. The van der Waals surface area contributed by atoms with Crippen molar-refractivity contribution in [2.24, 2.45) is 0 Å². The van der Waals surface area contributed by atoms with Crippen LogP contribution in [0, 0.1) is 0 Å². The van der Waals surface area contributed by atoms with Crippen molar-refractivity contribution in [2.75, 3.05) is 5.75 Å². The molecule has 0 aliphatic rings. The Kier molecular flexibility index (Phi) is 4.80. The summed E-state index contributed by atoms with van der Waals surface area (Å²) in [6, 6.07) is 6.80. The number of hydrogen-bond acceptors (Lipinski definition) is 2. The summed E-state index contributed by atoms with van der Waals surface area (Å²) in [5, 5.41) is 0. The van der Waals surface area contributed by atoms with Crippen molar-refractivity contribution in [3.05, 3.63) is 28.7 Å². The molecular formula is C11H15BrO2S. The van der Waals surface area contributed by atoms with Crippen LogP contribution in [0.4, 0.5) is 0 Å². The van der Waals surface area contributed by atoms with Gasteiger partial charge < -0.3 is 0 Å². The van der Waals surface area contributed by atoms with Crippen LogP contribution < -0.4 is 0 Å². The number of unbranched alkanes of at least 4 members (excludes halogenated alkanes) is 2. The largest absolute Gasteiger partial charge is 0.224 e. The third kappa shape index (κ3) is 3.95. The Morgan fingerprint density at radius 2 is 1.73 bits per heavy atom. The highest BCUT2D eigenvalue weighted by molar-refractivity contribution is 9.10. The highest BCUT2D eigenvalue weighted by atomic mass is 79.9. The van der Waals surface area contributed by atoms with Crippen LogP contribution in [-0.4, -0.2) is 14.2 Å². The molecule has 0 aliphatic heterocycles. The lowest BCUT2D eigenvalue weighted by atomic mass is 10.3. The molecule has 1 aromatic rings. The molecule has 2 nitrogen and oxygen atoms in total. The molecule has 0 fully saturated rings. The first-order chi connectivity index (χ1) is 7.06. The first kappa shape index (κ1) is 12.7. The second kappa shape index (κ2) is 5.66. The van der Waals surface area contributed by atoms with E-state index in [0.717, 1.165) is 23.7 Å². The third-order valence-corrected chi connectivity index (χ3v) is 4.53. The number of sulfone groups is 1. The molecular weight excluding hydrogens is 276 g/mol. The van der Waals surface area contributed by atoms with Crippen molar-refractivity contribution in [3.8, 4) is 0 Å². The Hall–Kier alpha value is -0.350. The lowest BCUT2D eigenvalue weighted by Crippen LogP contribution is -2.06. The predicted molar refractivity (Wildman–Crippen MR) is 65.7 cm³/mol. The lowest BCUT2D eigenvalue weighted by Gasteiger charge is -2.03. The molecule has 0 aromatic heterocycles. The molecule has 1 aromatic carbocycles. The lowest BCUT2D eigenvalue weighted by molar-refractivity contribution is 0.591. The molecule has 0 saturated carbocycles. The molecule has 0 radical (unpaired) electrons. The van der Waals surface area contributed by atoms with Crippen LogP contribution >= 0.6 is 15.9 Å². The molecule has 1 rings (SSSR count). The van der Waals surface area contributed by atoms with E-state index < -0.39 is 9.84 Å². The van der Waals surface area contributed by atoms with E-state index in [1.807, 2.05) is 0 Å². The van der Waals surface area contributed by atoms with E-state index >= 15 is 0 Å². The molecule has 15 heavy (non-hydrogen) atoms. The number of halogens is 1. The monoisotopic (exact) mass is 290 g/mol. The van der Waals surface area contributed by atoms with Gasteiger partial charge in [-0.2, -0.15) is 0 Å². The van der Waals surface area contributed by atoms with Crippen LogP contribution in [0.3, 0.4) is 0 Å². The van der Waals surface area contributed by atoms with Gasteiger partial charge in [-0.15, -0.1) is 0 Å². The first-order valence-electron chi connectivity index (χ1n) is 5.04. The van der Waals surface area contributed by atoms with Gasteiger partial charge in [-0.3, -0.25) is 0 Å². The van der Waals surface area contributed by atoms with E-state index in [2.05, 4.69) is 22.9 Å². The summed E-state index contributed by atoms with van der Waals surface area (Å²) in [6.07, 6.45) is 2.75. The quantitative estimate of drug-likeness (QED) is 0.779. The van der Waals surface area contributed by atoms with Crippen molar-refractivity contribution < 1.29 is 8.42 Å². The second-order valence-electron chi connectivity index (χ2n) is 3.48. The molecule has 0 aliphatic carbocycles. The summed E-state index contributed by atoms with van der Waals surface area (Å²) >= 11 is 3.28. The molecule has 0 unspecified atom stereocenters. The molecule has 4 heteroatoms. The van der Waals surface area contributed by atoms with E-state index in [1.54, 1.807) is 24.3 Å². The second-order valence-corrected chi connectivity index (χ2v) is 6.50. The van der Waals surface area contributed by atoms with Crippen molar-refractivity contribution in [3.63, 3.8) is 0 Å². The topological polar surface area (TPSA) is 34.1 Å². The summed E-state index contributed by atoms with van der Waals surface area (Å²) in [5.41, 5.74) is 0. The Morgan fingerprint density at radius 3 is 2.27 bits per heavy atom. The van der Waals surface area contributed by atoms with Gasteiger partial charge in [-0.25, -0.2) is 8.42 Å². The molecule has 0 atom stereocenters. The van der Waals surface area contributed by atoms with Crippen molar-refractivity contribution in [1.29, 1.82) is 0 Å². The maximum atomic E-state index is 11.8. The Labute approximate surface area is 99.7 Å². The third-order valence-electron chi connectivity index (χ3n) is 2.19. The zero-order valence-corrected chi connectivity index (χ0v) is 11.1. The minimum absolute atomic E-state index is 0.252. The summed E-state index contributed by atoms with van der Waals surface area (Å²) in [5.74, 6) is 0.252. The Bertz CT molecular complexity index is 395.